The summed E-state index contributed by atoms with van der Waals surface area (Å²) in [6.45, 7) is 6.69. The molecule has 2 atom stereocenters. The quantitative estimate of drug-likeness (QED) is 0.808. The van der Waals surface area contributed by atoms with E-state index in [0.29, 0.717) is 13.1 Å². The average Bonchev–Trinajstić information content (AvgIpc) is 2.45. The molecule has 0 aliphatic carbocycles. The number of carbonyl (C=O) groups excluding carboxylic acids is 1. The summed E-state index contributed by atoms with van der Waals surface area (Å²) >= 11 is 0. The Balaban J connectivity index is 2.59. The number of amides is 1. The number of aliphatic hydroxyl groups excluding tert-OH is 1. The highest BCUT2D eigenvalue weighted by Crippen LogP contribution is 2.17. The van der Waals surface area contributed by atoms with Crippen LogP contribution in [0.1, 0.15) is 32.4 Å². The molecule has 1 rings (SSSR count). The van der Waals surface area contributed by atoms with E-state index < -0.39 is 23.8 Å². The second kappa shape index (κ2) is 8.05. The lowest BCUT2D eigenvalue weighted by molar-refractivity contribution is -0.132. The van der Waals surface area contributed by atoms with Crippen LogP contribution in [0.25, 0.3) is 0 Å². The fourth-order valence-electron chi connectivity index (χ4n) is 2.07. The molecule has 0 saturated heterocycles. The average molecular weight is 300 g/mol. The summed E-state index contributed by atoms with van der Waals surface area (Å²) in [5.41, 5.74) is 0.00591. The third-order valence-electron chi connectivity index (χ3n) is 3.38. The first-order valence-corrected chi connectivity index (χ1v) is 7.05. The molecule has 0 fully saturated rings. The van der Waals surface area contributed by atoms with Gasteiger partial charge in [-0.1, -0.05) is 6.07 Å². The standard InChI is InChI=1S/C15H22F2N2O2/c1-4-19(5-2)15(21)10(3)18-9-14(20)12-7-6-11(16)8-13(12)17/h6-8,10,14,18,20H,4-5,9H2,1-3H3. The lowest BCUT2D eigenvalue weighted by Gasteiger charge is -2.24. The lowest BCUT2D eigenvalue weighted by atomic mass is 10.1. The van der Waals surface area contributed by atoms with E-state index in [1.54, 1.807) is 11.8 Å². The minimum atomic E-state index is -1.14. The minimum absolute atomic E-state index is 0.00591. The number of rotatable bonds is 7. The molecule has 0 aliphatic rings. The summed E-state index contributed by atoms with van der Waals surface area (Å²) < 4.78 is 26.3. The third kappa shape index (κ3) is 4.75. The Morgan fingerprint density at radius 3 is 2.48 bits per heavy atom. The number of hydrogen-bond acceptors (Lipinski definition) is 3. The van der Waals surface area contributed by atoms with E-state index in [9.17, 15) is 18.7 Å². The van der Waals surface area contributed by atoms with Crippen molar-refractivity contribution in [1.82, 2.24) is 10.2 Å². The summed E-state index contributed by atoms with van der Waals surface area (Å²) in [5, 5.41) is 12.8. The molecule has 2 unspecified atom stereocenters. The van der Waals surface area contributed by atoms with Gasteiger partial charge in [-0.25, -0.2) is 8.78 Å². The van der Waals surface area contributed by atoms with Crippen LogP contribution >= 0.6 is 0 Å². The Labute approximate surface area is 123 Å². The smallest absolute Gasteiger partial charge is 0.239 e. The monoisotopic (exact) mass is 300 g/mol. The largest absolute Gasteiger partial charge is 0.387 e. The van der Waals surface area contributed by atoms with Crippen LogP contribution in [0.2, 0.25) is 0 Å². The van der Waals surface area contributed by atoms with Crippen molar-refractivity contribution >= 4 is 5.91 Å². The van der Waals surface area contributed by atoms with Gasteiger partial charge < -0.3 is 15.3 Å². The fourth-order valence-corrected chi connectivity index (χ4v) is 2.07. The van der Waals surface area contributed by atoms with E-state index in [4.69, 9.17) is 0 Å². The van der Waals surface area contributed by atoms with E-state index >= 15 is 0 Å². The molecule has 21 heavy (non-hydrogen) atoms. The zero-order valence-electron chi connectivity index (χ0n) is 12.6. The highest BCUT2D eigenvalue weighted by atomic mass is 19.1. The second-order valence-electron chi connectivity index (χ2n) is 4.82. The number of aliphatic hydroxyl groups is 1. The van der Waals surface area contributed by atoms with E-state index in [1.807, 2.05) is 13.8 Å². The first kappa shape index (κ1) is 17.5. The molecule has 6 heteroatoms. The molecular formula is C15H22F2N2O2. The van der Waals surface area contributed by atoms with Gasteiger partial charge in [0.05, 0.1) is 12.1 Å². The number of carbonyl (C=O) groups is 1. The Morgan fingerprint density at radius 1 is 1.33 bits per heavy atom. The van der Waals surface area contributed by atoms with E-state index in [2.05, 4.69) is 5.32 Å². The van der Waals surface area contributed by atoms with Crippen LogP contribution < -0.4 is 5.32 Å². The van der Waals surface area contributed by atoms with Crippen LogP contribution in [-0.2, 0) is 4.79 Å². The molecule has 118 valence electrons. The first-order valence-electron chi connectivity index (χ1n) is 7.05. The topological polar surface area (TPSA) is 52.6 Å². The van der Waals surface area contributed by atoms with Gasteiger partial charge in [-0.15, -0.1) is 0 Å². The normalized spacial score (nSPS) is 13.8. The van der Waals surface area contributed by atoms with E-state index in [0.717, 1.165) is 12.1 Å². The third-order valence-corrected chi connectivity index (χ3v) is 3.38. The number of halogens is 2. The molecule has 0 saturated carbocycles. The Bertz CT molecular complexity index is 479. The molecule has 1 amide bonds. The molecule has 0 radical (unpaired) electrons. The molecule has 4 nitrogen and oxygen atoms in total. The second-order valence-corrected chi connectivity index (χ2v) is 4.82. The van der Waals surface area contributed by atoms with Gasteiger partial charge in [-0.05, 0) is 26.8 Å². The Kier molecular flexibility index (Phi) is 6.71. The highest BCUT2D eigenvalue weighted by Gasteiger charge is 2.20. The summed E-state index contributed by atoms with van der Waals surface area (Å²) in [6, 6.07) is 2.53. The fraction of sp³-hybridized carbons (Fsp3) is 0.533. The van der Waals surface area contributed by atoms with Crippen molar-refractivity contribution in [3.05, 3.63) is 35.4 Å². The van der Waals surface area contributed by atoms with Crippen LogP contribution in [0.15, 0.2) is 18.2 Å². The molecule has 2 N–H and O–H groups in total. The predicted molar refractivity (Wildman–Crippen MR) is 76.7 cm³/mol. The Hall–Kier alpha value is -1.53. The molecular weight excluding hydrogens is 278 g/mol. The SMILES string of the molecule is CCN(CC)C(=O)C(C)NCC(O)c1ccc(F)cc1F. The van der Waals surface area contributed by atoms with Crippen molar-refractivity contribution in [3.8, 4) is 0 Å². The van der Waals surface area contributed by atoms with Gasteiger partial charge in [0.25, 0.3) is 0 Å². The van der Waals surface area contributed by atoms with Crippen molar-refractivity contribution in [2.24, 2.45) is 0 Å². The summed E-state index contributed by atoms with van der Waals surface area (Å²) in [5.74, 6) is -1.57. The van der Waals surface area contributed by atoms with Crippen molar-refractivity contribution in [3.63, 3.8) is 0 Å². The van der Waals surface area contributed by atoms with E-state index in [-0.39, 0.29) is 18.0 Å². The van der Waals surface area contributed by atoms with Crippen LogP contribution in [0.3, 0.4) is 0 Å². The molecule has 0 bridgehead atoms. The van der Waals surface area contributed by atoms with Crippen molar-refractivity contribution in [1.29, 1.82) is 0 Å². The van der Waals surface area contributed by atoms with Crippen LogP contribution in [0.4, 0.5) is 8.78 Å². The van der Waals surface area contributed by atoms with Gasteiger partial charge in [0.1, 0.15) is 11.6 Å². The molecule has 0 heterocycles. The summed E-state index contributed by atoms with van der Waals surface area (Å²) in [4.78, 5) is 13.7. The molecule has 0 aromatic heterocycles. The maximum atomic E-state index is 13.5. The van der Waals surface area contributed by atoms with Crippen molar-refractivity contribution in [2.75, 3.05) is 19.6 Å². The van der Waals surface area contributed by atoms with Gasteiger partial charge in [-0.2, -0.15) is 0 Å². The Morgan fingerprint density at radius 2 is 1.95 bits per heavy atom. The molecule has 1 aromatic rings. The van der Waals surface area contributed by atoms with Crippen LogP contribution in [0, 0.1) is 11.6 Å². The number of benzene rings is 1. The maximum absolute atomic E-state index is 13.5. The zero-order chi connectivity index (χ0) is 16.0. The lowest BCUT2D eigenvalue weighted by Crippen LogP contribution is -2.45. The molecule has 0 aliphatic heterocycles. The van der Waals surface area contributed by atoms with Crippen molar-refractivity contribution in [2.45, 2.75) is 32.9 Å². The number of likely N-dealkylation sites (N-methyl/N-ethyl adjacent to an activating group) is 1. The zero-order valence-corrected chi connectivity index (χ0v) is 12.6. The van der Waals surface area contributed by atoms with Gasteiger partial charge >= 0.3 is 0 Å². The predicted octanol–water partition coefficient (Wildman–Crippen LogP) is 1.84. The summed E-state index contributed by atoms with van der Waals surface area (Å²) in [6.07, 6.45) is -1.14. The van der Waals surface area contributed by atoms with Crippen LogP contribution in [0.5, 0.6) is 0 Å². The number of nitrogens with zero attached hydrogens (tertiary/aromatic N) is 1. The number of nitrogens with one attached hydrogen (secondary N) is 1. The van der Waals surface area contributed by atoms with Gasteiger partial charge in [-0.3, -0.25) is 4.79 Å². The van der Waals surface area contributed by atoms with Crippen molar-refractivity contribution < 1.29 is 18.7 Å². The van der Waals surface area contributed by atoms with E-state index in [1.165, 1.54) is 6.07 Å². The van der Waals surface area contributed by atoms with Gasteiger partial charge in [0.2, 0.25) is 5.91 Å². The summed E-state index contributed by atoms with van der Waals surface area (Å²) in [7, 11) is 0. The molecule has 1 aromatic carbocycles. The van der Waals surface area contributed by atoms with Gasteiger partial charge in [0, 0.05) is 31.3 Å². The highest BCUT2D eigenvalue weighted by molar-refractivity contribution is 5.81. The molecule has 0 spiro atoms. The van der Waals surface area contributed by atoms with Crippen LogP contribution in [-0.4, -0.2) is 41.6 Å². The minimum Gasteiger partial charge on any atom is -0.387 e. The maximum Gasteiger partial charge on any atom is 0.239 e. The first-order chi connectivity index (χ1) is 9.90. The van der Waals surface area contributed by atoms with Gasteiger partial charge in [0.15, 0.2) is 0 Å². The number of hydrogen-bond donors (Lipinski definition) is 2.